The van der Waals surface area contributed by atoms with Crippen molar-refractivity contribution in [1.29, 1.82) is 0 Å². The zero-order chi connectivity index (χ0) is 16.8. The van der Waals surface area contributed by atoms with Crippen molar-refractivity contribution >= 4 is 11.7 Å². The Kier molecular flexibility index (Phi) is 6.68. The summed E-state index contributed by atoms with van der Waals surface area (Å²) in [5.74, 6) is 0. The van der Waals surface area contributed by atoms with Gasteiger partial charge in [0.2, 0.25) is 0 Å². The van der Waals surface area contributed by atoms with Crippen LogP contribution in [-0.4, -0.2) is 37.4 Å². The fourth-order valence-electron chi connectivity index (χ4n) is 2.47. The third-order valence-electron chi connectivity index (χ3n) is 3.73. The average molecular weight is 307 g/mol. The zero-order valence-corrected chi connectivity index (χ0v) is 14.4. The molecule has 1 rings (SSSR count). The van der Waals surface area contributed by atoms with Gasteiger partial charge >= 0.3 is 6.03 Å². The molecule has 1 unspecified atom stereocenters. The SMILES string of the molecule is CCCC(C)(CO)NC(=O)NCc1ccc(C)cc1N(C)C. The van der Waals surface area contributed by atoms with Gasteiger partial charge in [-0.05, 0) is 37.5 Å². The molecule has 0 aliphatic carbocycles. The van der Waals surface area contributed by atoms with E-state index >= 15 is 0 Å². The highest BCUT2D eigenvalue weighted by Crippen LogP contribution is 2.20. The molecule has 1 aromatic carbocycles. The number of carbonyl (C=O) groups is 1. The van der Waals surface area contributed by atoms with Crippen molar-refractivity contribution < 1.29 is 9.90 Å². The largest absolute Gasteiger partial charge is 0.394 e. The molecule has 0 saturated heterocycles. The van der Waals surface area contributed by atoms with Gasteiger partial charge in [0.25, 0.3) is 0 Å². The normalized spacial score (nSPS) is 13.4. The summed E-state index contributed by atoms with van der Waals surface area (Å²) in [5, 5.41) is 15.2. The summed E-state index contributed by atoms with van der Waals surface area (Å²) in [6.07, 6.45) is 1.64. The summed E-state index contributed by atoms with van der Waals surface area (Å²) in [6, 6.07) is 5.92. The first-order valence-corrected chi connectivity index (χ1v) is 7.75. The van der Waals surface area contributed by atoms with E-state index in [-0.39, 0.29) is 12.6 Å². The van der Waals surface area contributed by atoms with E-state index in [1.54, 1.807) is 0 Å². The zero-order valence-electron chi connectivity index (χ0n) is 14.4. The van der Waals surface area contributed by atoms with Crippen LogP contribution in [0.4, 0.5) is 10.5 Å². The number of urea groups is 1. The van der Waals surface area contributed by atoms with Gasteiger partial charge in [0, 0.05) is 26.3 Å². The number of aliphatic hydroxyl groups is 1. The molecular weight excluding hydrogens is 278 g/mol. The van der Waals surface area contributed by atoms with Gasteiger partial charge in [0.1, 0.15) is 0 Å². The number of nitrogens with one attached hydrogen (secondary N) is 2. The molecule has 0 aliphatic rings. The minimum atomic E-state index is -0.573. The van der Waals surface area contributed by atoms with E-state index < -0.39 is 5.54 Å². The van der Waals surface area contributed by atoms with E-state index in [1.807, 2.05) is 51.9 Å². The molecule has 1 atom stereocenters. The highest BCUT2D eigenvalue weighted by molar-refractivity contribution is 5.75. The summed E-state index contributed by atoms with van der Waals surface area (Å²) in [6.45, 7) is 6.32. The lowest BCUT2D eigenvalue weighted by Crippen LogP contribution is -2.52. The van der Waals surface area contributed by atoms with Crippen LogP contribution in [0.25, 0.3) is 0 Å². The summed E-state index contributed by atoms with van der Waals surface area (Å²) < 4.78 is 0. The van der Waals surface area contributed by atoms with Crippen molar-refractivity contribution in [1.82, 2.24) is 10.6 Å². The lowest BCUT2D eigenvalue weighted by Gasteiger charge is -2.28. The molecule has 5 nitrogen and oxygen atoms in total. The van der Waals surface area contributed by atoms with Crippen LogP contribution in [0.3, 0.4) is 0 Å². The van der Waals surface area contributed by atoms with Crippen LogP contribution in [-0.2, 0) is 6.54 Å². The average Bonchev–Trinajstić information content (AvgIpc) is 2.46. The second-order valence-corrected chi connectivity index (χ2v) is 6.30. The van der Waals surface area contributed by atoms with Gasteiger partial charge in [0.15, 0.2) is 0 Å². The minimum absolute atomic E-state index is 0.0677. The number of aliphatic hydroxyl groups excluding tert-OH is 1. The quantitative estimate of drug-likeness (QED) is 0.725. The molecule has 0 heterocycles. The fraction of sp³-hybridized carbons (Fsp3) is 0.588. The number of hydrogen-bond donors (Lipinski definition) is 3. The molecule has 22 heavy (non-hydrogen) atoms. The first-order valence-electron chi connectivity index (χ1n) is 7.75. The molecule has 124 valence electrons. The first-order chi connectivity index (χ1) is 10.3. The van der Waals surface area contributed by atoms with E-state index in [0.717, 1.165) is 24.1 Å². The monoisotopic (exact) mass is 307 g/mol. The van der Waals surface area contributed by atoms with Crippen LogP contribution in [0.2, 0.25) is 0 Å². The van der Waals surface area contributed by atoms with Crippen molar-refractivity contribution in [2.45, 2.75) is 45.7 Å². The van der Waals surface area contributed by atoms with E-state index in [0.29, 0.717) is 6.54 Å². The van der Waals surface area contributed by atoms with Gasteiger partial charge in [0.05, 0.1) is 12.1 Å². The van der Waals surface area contributed by atoms with Crippen LogP contribution < -0.4 is 15.5 Å². The Bertz CT molecular complexity index is 503. The number of amides is 2. The van der Waals surface area contributed by atoms with Crippen LogP contribution in [0.5, 0.6) is 0 Å². The fourth-order valence-corrected chi connectivity index (χ4v) is 2.47. The maximum absolute atomic E-state index is 12.1. The second-order valence-electron chi connectivity index (χ2n) is 6.30. The minimum Gasteiger partial charge on any atom is -0.394 e. The van der Waals surface area contributed by atoms with Gasteiger partial charge in [-0.15, -0.1) is 0 Å². The van der Waals surface area contributed by atoms with Crippen LogP contribution in [0.1, 0.15) is 37.8 Å². The number of anilines is 1. The van der Waals surface area contributed by atoms with Gasteiger partial charge in [-0.3, -0.25) is 0 Å². The molecule has 0 aliphatic heterocycles. The predicted octanol–water partition coefficient (Wildman–Crippen LogP) is 2.41. The summed E-state index contributed by atoms with van der Waals surface area (Å²) in [5.41, 5.74) is 2.77. The topological polar surface area (TPSA) is 64.6 Å². The maximum Gasteiger partial charge on any atom is 0.315 e. The molecule has 0 radical (unpaired) electrons. The molecule has 0 spiro atoms. The van der Waals surface area contributed by atoms with Gasteiger partial charge in [-0.2, -0.15) is 0 Å². The first kappa shape index (κ1) is 18.3. The lowest BCUT2D eigenvalue weighted by atomic mass is 9.98. The summed E-state index contributed by atoms with van der Waals surface area (Å²) in [4.78, 5) is 14.1. The predicted molar refractivity (Wildman–Crippen MR) is 91.3 cm³/mol. The smallest absolute Gasteiger partial charge is 0.315 e. The van der Waals surface area contributed by atoms with Gasteiger partial charge in [-0.1, -0.05) is 25.5 Å². The standard InChI is InChI=1S/C17H29N3O2/c1-6-9-17(3,12-21)19-16(22)18-11-14-8-7-13(2)10-15(14)20(4)5/h7-8,10,21H,6,9,11-12H2,1-5H3,(H2,18,19,22). The molecule has 0 saturated carbocycles. The van der Waals surface area contributed by atoms with Crippen LogP contribution >= 0.6 is 0 Å². The van der Waals surface area contributed by atoms with Crippen molar-refractivity contribution in [3.8, 4) is 0 Å². The molecule has 0 aromatic heterocycles. The number of carbonyl (C=O) groups excluding carboxylic acids is 1. The number of benzene rings is 1. The Morgan fingerprint density at radius 1 is 1.36 bits per heavy atom. The van der Waals surface area contributed by atoms with Crippen molar-refractivity contribution in [3.05, 3.63) is 29.3 Å². The number of aryl methyl sites for hydroxylation is 1. The molecule has 5 heteroatoms. The van der Waals surface area contributed by atoms with E-state index in [1.165, 1.54) is 5.56 Å². The Balaban J connectivity index is 2.68. The third kappa shape index (κ3) is 5.22. The number of nitrogens with zero attached hydrogens (tertiary/aromatic N) is 1. The van der Waals surface area contributed by atoms with Crippen molar-refractivity contribution in [3.63, 3.8) is 0 Å². The van der Waals surface area contributed by atoms with Crippen molar-refractivity contribution in [2.24, 2.45) is 0 Å². The summed E-state index contributed by atoms with van der Waals surface area (Å²) >= 11 is 0. The Labute approximate surface area is 133 Å². The molecule has 1 aromatic rings. The van der Waals surface area contributed by atoms with Gasteiger partial charge < -0.3 is 20.6 Å². The maximum atomic E-state index is 12.1. The Morgan fingerprint density at radius 2 is 2.05 bits per heavy atom. The third-order valence-corrected chi connectivity index (χ3v) is 3.73. The Morgan fingerprint density at radius 3 is 2.59 bits per heavy atom. The van der Waals surface area contributed by atoms with Gasteiger partial charge in [-0.25, -0.2) is 4.79 Å². The van der Waals surface area contributed by atoms with Crippen LogP contribution in [0.15, 0.2) is 18.2 Å². The second kappa shape index (κ2) is 8.03. The molecule has 2 amide bonds. The molecule has 3 N–H and O–H groups in total. The number of rotatable bonds is 7. The van der Waals surface area contributed by atoms with Crippen LogP contribution in [0, 0.1) is 6.92 Å². The number of hydrogen-bond acceptors (Lipinski definition) is 3. The molecular formula is C17H29N3O2. The highest BCUT2D eigenvalue weighted by atomic mass is 16.3. The molecule has 0 bridgehead atoms. The summed E-state index contributed by atoms with van der Waals surface area (Å²) in [7, 11) is 3.98. The van der Waals surface area contributed by atoms with E-state index in [2.05, 4.69) is 16.7 Å². The van der Waals surface area contributed by atoms with E-state index in [9.17, 15) is 9.90 Å². The molecule has 0 fully saturated rings. The Hall–Kier alpha value is -1.75. The van der Waals surface area contributed by atoms with Crippen molar-refractivity contribution in [2.75, 3.05) is 25.6 Å². The highest BCUT2D eigenvalue weighted by Gasteiger charge is 2.24. The lowest BCUT2D eigenvalue weighted by molar-refractivity contribution is 0.163. The van der Waals surface area contributed by atoms with E-state index in [4.69, 9.17) is 0 Å².